The van der Waals surface area contributed by atoms with E-state index in [9.17, 15) is 4.79 Å². The zero-order valence-electron chi connectivity index (χ0n) is 21.7. The summed E-state index contributed by atoms with van der Waals surface area (Å²) in [5, 5.41) is 26.9. The summed E-state index contributed by atoms with van der Waals surface area (Å²) in [6.07, 6.45) is 4.18. The molecule has 202 valence electrons. The van der Waals surface area contributed by atoms with Crippen LogP contribution in [-0.4, -0.2) is 41.5 Å². The minimum atomic E-state index is -1.09. The minimum absolute atomic E-state index is 0.179. The van der Waals surface area contributed by atoms with Crippen molar-refractivity contribution in [3.63, 3.8) is 0 Å². The molecule has 0 aliphatic rings. The van der Waals surface area contributed by atoms with E-state index in [1.807, 2.05) is 12.1 Å². The summed E-state index contributed by atoms with van der Waals surface area (Å²) < 4.78 is 5.12. The van der Waals surface area contributed by atoms with E-state index in [1.54, 1.807) is 46.8 Å². The van der Waals surface area contributed by atoms with Gasteiger partial charge in [0.1, 0.15) is 40.0 Å². The number of carbonyl (C=O) groups is 1. The zero-order chi connectivity index (χ0) is 29.6. The van der Waals surface area contributed by atoms with E-state index in [1.165, 1.54) is 25.0 Å². The summed E-state index contributed by atoms with van der Waals surface area (Å²) in [4.78, 5) is 34.5. The van der Waals surface area contributed by atoms with Gasteiger partial charge in [-0.15, -0.1) is 0 Å². The summed E-state index contributed by atoms with van der Waals surface area (Å²) in [7, 11) is 0. The second-order valence-electron chi connectivity index (χ2n) is 8.99. The number of halogens is 3. The summed E-state index contributed by atoms with van der Waals surface area (Å²) in [5.41, 5.74) is 0.282. The standard InChI is InChI=1S/C11H12ClN3O2.C8H8ClN3.C6H4ClN3/c1-11(2,3)17-10(16)7(5-13)8-4-9(12)15-6-14-8;1-8(2,4-10)6-3-7(9)12-5-11-6;7-6-3-5(1-2-8)9-4-10-6/h4,6-7H,1-3H3;3,5H,1-2H3;3-4H,1H2. The Morgan fingerprint density at radius 3 is 1.85 bits per heavy atom. The molecule has 0 saturated carbocycles. The fraction of sp³-hybridized carbons (Fsp3) is 0.360. The predicted octanol–water partition coefficient (Wildman–Crippen LogP) is 5.21. The topological polar surface area (TPSA) is 175 Å². The SMILES string of the molecule is CC(C)(C#N)c1cc(Cl)ncn1.CC(C)(C)OC(=O)C(C#N)c1cc(Cl)ncn1.N#CCc1cc(Cl)ncn1. The van der Waals surface area contributed by atoms with Crippen LogP contribution in [0, 0.1) is 34.0 Å². The van der Waals surface area contributed by atoms with Crippen LogP contribution in [0.25, 0.3) is 0 Å². The first-order chi connectivity index (χ1) is 18.2. The lowest BCUT2D eigenvalue weighted by atomic mass is 9.91. The summed E-state index contributed by atoms with van der Waals surface area (Å²) in [6, 6.07) is 10.5. The van der Waals surface area contributed by atoms with E-state index in [0.717, 1.165) is 0 Å². The molecule has 1 unspecified atom stereocenters. The largest absolute Gasteiger partial charge is 0.459 e. The van der Waals surface area contributed by atoms with Crippen LogP contribution in [0.3, 0.4) is 0 Å². The number of carbonyl (C=O) groups excluding carboxylic acids is 1. The maximum atomic E-state index is 11.8. The van der Waals surface area contributed by atoms with Crippen molar-refractivity contribution in [3.05, 3.63) is 69.7 Å². The van der Waals surface area contributed by atoms with Gasteiger partial charge in [-0.25, -0.2) is 29.9 Å². The molecule has 14 heteroatoms. The predicted molar refractivity (Wildman–Crippen MR) is 143 cm³/mol. The number of nitriles is 3. The normalized spacial score (nSPS) is 11.1. The van der Waals surface area contributed by atoms with Crippen molar-refractivity contribution in [1.29, 1.82) is 15.8 Å². The summed E-state index contributed by atoms with van der Waals surface area (Å²) in [6.45, 7) is 8.75. The number of hydrogen-bond acceptors (Lipinski definition) is 11. The Bertz CT molecular complexity index is 1390. The van der Waals surface area contributed by atoms with Gasteiger partial charge in [0.25, 0.3) is 0 Å². The van der Waals surface area contributed by atoms with Crippen LogP contribution >= 0.6 is 34.8 Å². The smallest absolute Gasteiger partial charge is 0.330 e. The summed E-state index contributed by atoms with van der Waals surface area (Å²) >= 11 is 16.8. The lowest BCUT2D eigenvalue weighted by Crippen LogP contribution is -2.27. The Morgan fingerprint density at radius 1 is 0.846 bits per heavy atom. The van der Waals surface area contributed by atoms with Crippen LogP contribution in [0.1, 0.15) is 57.6 Å². The third kappa shape index (κ3) is 12.4. The number of hydrogen-bond donors (Lipinski definition) is 0. The van der Waals surface area contributed by atoms with Gasteiger partial charge in [-0.2, -0.15) is 15.8 Å². The van der Waals surface area contributed by atoms with Gasteiger partial charge in [0.05, 0.1) is 47.1 Å². The first-order valence-electron chi connectivity index (χ1n) is 11.0. The monoisotopic (exact) mass is 587 g/mol. The van der Waals surface area contributed by atoms with Gasteiger partial charge in [0.15, 0.2) is 5.92 Å². The molecule has 3 rings (SSSR count). The molecule has 0 aliphatic heterocycles. The second-order valence-corrected chi connectivity index (χ2v) is 10.2. The van der Waals surface area contributed by atoms with Gasteiger partial charge in [-0.3, -0.25) is 4.79 Å². The minimum Gasteiger partial charge on any atom is -0.459 e. The van der Waals surface area contributed by atoms with Crippen LogP contribution in [0.15, 0.2) is 37.2 Å². The number of ether oxygens (including phenoxy) is 1. The Labute approximate surface area is 241 Å². The molecule has 0 bridgehead atoms. The zero-order valence-corrected chi connectivity index (χ0v) is 24.0. The van der Waals surface area contributed by atoms with Crippen molar-refractivity contribution >= 4 is 40.8 Å². The average molecular weight is 589 g/mol. The molecule has 0 fully saturated rings. The van der Waals surface area contributed by atoms with Crippen molar-refractivity contribution in [3.8, 4) is 18.2 Å². The molecule has 3 aromatic heterocycles. The van der Waals surface area contributed by atoms with E-state index >= 15 is 0 Å². The van der Waals surface area contributed by atoms with Gasteiger partial charge in [0, 0.05) is 0 Å². The third-order valence-electron chi connectivity index (χ3n) is 4.23. The first-order valence-corrected chi connectivity index (χ1v) is 12.2. The maximum Gasteiger partial charge on any atom is 0.330 e. The van der Waals surface area contributed by atoms with Crippen LogP contribution in [0.2, 0.25) is 15.5 Å². The number of aromatic nitrogens is 6. The quantitative estimate of drug-likeness (QED) is 0.289. The Balaban J connectivity index is 0.000000305. The molecule has 0 radical (unpaired) electrons. The molecule has 0 aliphatic carbocycles. The molecule has 1 atom stereocenters. The van der Waals surface area contributed by atoms with Crippen LogP contribution < -0.4 is 0 Å². The number of nitrogens with zero attached hydrogens (tertiary/aromatic N) is 9. The fourth-order valence-electron chi connectivity index (χ4n) is 2.39. The molecule has 0 amide bonds. The van der Waals surface area contributed by atoms with Crippen LogP contribution in [0.5, 0.6) is 0 Å². The molecule has 0 N–H and O–H groups in total. The molecule has 39 heavy (non-hydrogen) atoms. The van der Waals surface area contributed by atoms with Gasteiger partial charge in [0.2, 0.25) is 0 Å². The highest BCUT2D eigenvalue weighted by atomic mass is 35.5. The molecule has 11 nitrogen and oxygen atoms in total. The second kappa shape index (κ2) is 15.5. The highest BCUT2D eigenvalue weighted by Gasteiger charge is 2.28. The van der Waals surface area contributed by atoms with Crippen LogP contribution in [-0.2, 0) is 21.4 Å². The Morgan fingerprint density at radius 2 is 1.38 bits per heavy atom. The lowest BCUT2D eigenvalue weighted by Gasteiger charge is -2.21. The summed E-state index contributed by atoms with van der Waals surface area (Å²) in [5.74, 6) is -1.73. The average Bonchev–Trinajstić information content (AvgIpc) is 2.85. The molecular weight excluding hydrogens is 565 g/mol. The highest BCUT2D eigenvalue weighted by molar-refractivity contribution is 6.29. The lowest BCUT2D eigenvalue weighted by molar-refractivity contribution is -0.155. The van der Waals surface area contributed by atoms with E-state index in [4.69, 9.17) is 55.3 Å². The fourth-order valence-corrected chi connectivity index (χ4v) is 2.86. The van der Waals surface area contributed by atoms with Crippen LogP contribution in [0.4, 0.5) is 0 Å². The Kier molecular flexibility index (Phi) is 13.1. The van der Waals surface area contributed by atoms with Crippen molar-refractivity contribution in [1.82, 2.24) is 29.9 Å². The molecule has 0 saturated heterocycles. The van der Waals surface area contributed by atoms with Gasteiger partial charge in [-0.1, -0.05) is 34.8 Å². The van der Waals surface area contributed by atoms with E-state index in [-0.39, 0.29) is 17.3 Å². The van der Waals surface area contributed by atoms with E-state index in [0.29, 0.717) is 21.7 Å². The van der Waals surface area contributed by atoms with E-state index in [2.05, 4.69) is 36.0 Å². The van der Waals surface area contributed by atoms with Gasteiger partial charge in [-0.05, 0) is 52.8 Å². The van der Waals surface area contributed by atoms with Gasteiger partial charge >= 0.3 is 5.97 Å². The Hall–Kier alpha value is -3.95. The maximum absolute atomic E-state index is 11.8. The van der Waals surface area contributed by atoms with Crippen molar-refractivity contribution in [2.24, 2.45) is 0 Å². The van der Waals surface area contributed by atoms with Crippen molar-refractivity contribution in [2.45, 2.75) is 58.0 Å². The number of rotatable bonds is 4. The first kappa shape index (κ1) is 33.1. The molecule has 3 heterocycles. The van der Waals surface area contributed by atoms with E-state index < -0.39 is 22.9 Å². The molecule has 0 aromatic carbocycles. The molecule has 0 spiro atoms. The molecular formula is C25H24Cl3N9O2. The number of esters is 1. The van der Waals surface area contributed by atoms with Crippen molar-refractivity contribution in [2.75, 3.05) is 0 Å². The van der Waals surface area contributed by atoms with Crippen molar-refractivity contribution < 1.29 is 9.53 Å². The third-order valence-corrected chi connectivity index (χ3v) is 4.85. The molecule has 3 aromatic rings. The highest BCUT2D eigenvalue weighted by Crippen LogP contribution is 2.21. The van der Waals surface area contributed by atoms with Gasteiger partial charge < -0.3 is 4.74 Å².